The van der Waals surface area contributed by atoms with Crippen LogP contribution in [0.2, 0.25) is 0 Å². The molecule has 1 amide bonds. The zero-order valence-electron chi connectivity index (χ0n) is 19.7. The van der Waals surface area contributed by atoms with Gasteiger partial charge < -0.3 is 24.5 Å². The number of aliphatic hydroxyl groups is 1. The van der Waals surface area contributed by atoms with Crippen LogP contribution in [-0.4, -0.2) is 33.6 Å². The summed E-state index contributed by atoms with van der Waals surface area (Å²) in [6.07, 6.45) is 1.55. The quantitative estimate of drug-likeness (QED) is 0.436. The Hall–Kier alpha value is -3.72. The molecule has 180 valence electrons. The number of aryl methyl sites for hydroxylation is 1. The van der Waals surface area contributed by atoms with Gasteiger partial charge >= 0.3 is 5.97 Å². The number of hydrogen-bond donors (Lipinski definition) is 2. The lowest BCUT2D eigenvalue weighted by Crippen LogP contribution is -2.44. The van der Waals surface area contributed by atoms with Crippen molar-refractivity contribution in [3.05, 3.63) is 56.4 Å². The zero-order valence-corrected chi connectivity index (χ0v) is 19.7. The Kier molecular flexibility index (Phi) is 4.60. The van der Waals surface area contributed by atoms with Crippen LogP contribution in [0.1, 0.15) is 60.5 Å². The van der Waals surface area contributed by atoms with E-state index in [1.54, 1.807) is 24.7 Å². The van der Waals surface area contributed by atoms with E-state index in [9.17, 15) is 19.5 Å². The maximum absolute atomic E-state index is 13.6. The minimum absolute atomic E-state index is 0.0795. The lowest BCUT2D eigenvalue weighted by Gasteiger charge is -2.31. The van der Waals surface area contributed by atoms with Gasteiger partial charge in [-0.05, 0) is 42.5 Å². The van der Waals surface area contributed by atoms with E-state index in [-0.39, 0.29) is 48.2 Å². The van der Waals surface area contributed by atoms with Crippen LogP contribution in [0, 0.1) is 0 Å². The molecular formula is C26H25N3O6. The number of hydrogen-bond acceptors (Lipinski definition) is 7. The van der Waals surface area contributed by atoms with Crippen molar-refractivity contribution < 1.29 is 24.2 Å². The maximum atomic E-state index is 13.6. The number of ether oxygens (including phenoxy) is 2. The van der Waals surface area contributed by atoms with E-state index < -0.39 is 11.6 Å². The third kappa shape index (κ3) is 2.91. The summed E-state index contributed by atoms with van der Waals surface area (Å²) in [6.45, 7) is 3.29. The molecule has 2 N–H and O–H groups in total. The molecule has 0 bridgehead atoms. The van der Waals surface area contributed by atoms with Crippen LogP contribution in [0.5, 0.6) is 5.75 Å². The van der Waals surface area contributed by atoms with E-state index in [0.29, 0.717) is 29.1 Å². The number of rotatable bonds is 3. The fourth-order valence-electron chi connectivity index (χ4n) is 5.84. The van der Waals surface area contributed by atoms with Gasteiger partial charge in [-0.3, -0.25) is 9.59 Å². The lowest BCUT2D eigenvalue weighted by atomic mass is 9.83. The first-order chi connectivity index (χ1) is 16.8. The number of esters is 1. The molecule has 3 aromatic rings. The van der Waals surface area contributed by atoms with E-state index in [4.69, 9.17) is 14.5 Å². The molecule has 9 heteroatoms. The summed E-state index contributed by atoms with van der Waals surface area (Å²) >= 11 is 0. The summed E-state index contributed by atoms with van der Waals surface area (Å²) < 4.78 is 12.3. The van der Waals surface area contributed by atoms with Crippen LogP contribution in [0.25, 0.3) is 22.3 Å². The molecule has 9 nitrogen and oxygen atoms in total. The van der Waals surface area contributed by atoms with E-state index in [1.807, 2.05) is 12.1 Å². The number of carbonyl (C=O) groups excluding carboxylic acids is 2. The van der Waals surface area contributed by atoms with Crippen molar-refractivity contribution >= 4 is 22.8 Å². The van der Waals surface area contributed by atoms with E-state index >= 15 is 0 Å². The second-order valence-corrected chi connectivity index (χ2v) is 9.43. The predicted octanol–water partition coefficient (Wildman–Crippen LogP) is 2.21. The van der Waals surface area contributed by atoms with Gasteiger partial charge in [0.25, 0.3) is 5.56 Å². The third-order valence-corrected chi connectivity index (χ3v) is 7.55. The molecule has 2 aliphatic heterocycles. The highest BCUT2D eigenvalue weighted by atomic mass is 16.6. The highest BCUT2D eigenvalue weighted by Gasteiger charge is 2.45. The Labute approximate surface area is 200 Å². The number of amides is 1. The van der Waals surface area contributed by atoms with Crippen LogP contribution in [0.4, 0.5) is 0 Å². The van der Waals surface area contributed by atoms with Gasteiger partial charge in [-0.1, -0.05) is 6.92 Å². The van der Waals surface area contributed by atoms with Crippen LogP contribution in [-0.2, 0) is 39.5 Å². The summed E-state index contributed by atoms with van der Waals surface area (Å²) in [5, 5.41) is 15.2. The molecule has 2 atom stereocenters. The minimum atomic E-state index is -1.88. The fourth-order valence-corrected chi connectivity index (χ4v) is 5.84. The lowest BCUT2D eigenvalue weighted by molar-refractivity contribution is -0.172. The largest absolute Gasteiger partial charge is 0.497 e. The third-order valence-electron chi connectivity index (χ3n) is 7.55. The topological polar surface area (TPSA) is 120 Å². The van der Waals surface area contributed by atoms with Crippen molar-refractivity contribution in [2.75, 3.05) is 7.11 Å². The molecule has 2 aromatic heterocycles. The molecule has 1 aromatic carbocycles. The molecule has 1 aliphatic carbocycles. The van der Waals surface area contributed by atoms with Crippen molar-refractivity contribution in [3.8, 4) is 17.1 Å². The summed E-state index contributed by atoms with van der Waals surface area (Å²) in [6, 6.07) is 5.35. The van der Waals surface area contributed by atoms with Crippen LogP contribution >= 0.6 is 0 Å². The van der Waals surface area contributed by atoms with Gasteiger partial charge in [-0.15, -0.1) is 0 Å². The van der Waals surface area contributed by atoms with E-state index in [2.05, 4.69) is 5.32 Å². The number of cyclic esters (lactones) is 1. The van der Waals surface area contributed by atoms with Crippen molar-refractivity contribution in [1.29, 1.82) is 0 Å². The molecule has 0 saturated heterocycles. The smallest absolute Gasteiger partial charge is 0.343 e. The van der Waals surface area contributed by atoms with Gasteiger partial charge in [-0.2, -0.15) is 0 Å². The number of methoxy groups -OCH3 is 1. The average Bonchev–Trinajstić information content (AvgIpc) is 3.21. The van der Waals surface area contributed by atoms with Gasteiger partial charge in [0.1, 0.15) is 12.4 Å². The number of carbonyl (C=O) groups is 2. The molecule has 1 unspecified atom stereocenters. The highest BCUT2D eigenvalue weighted by molar-refractivity contribution is 5.93. The molecule has 3 aliphatic rings. The molecule has 35 heavy (non-hydrogen) atoms. The van der Waals surface area contributed by atoms with Crippen molar-refractivity contribution in [2.45, 2.75) is 57.9 Å². The summed E-state index contributed by atoms with van der Waals surface area (Å²) in [5.41, 5.74) is 3.16. The molecule has 4 heterocycles. The van der Waals surface area contributed by atoms with Crippen LogP contribution < -0.4 is 15.6 Å². The Morgan fingerprint density at radius 3 is 2.83 bits per heavy atom. The number of nitrogens with one attached hydrogen (secondary N) is 1. The van der Waals surface area contributed by atoms with Gasteiger partial charge in [0, 0.05) is 29.5 Å². The van der Waals surface area contributed by atoms with Gasteiger partial charge in [0.15, 0.2) is 5.60 Å². The summed E-state index contributed by atoms with van der Waals surface area (Å²) in [5.74, 6) is -0.193. The minimum Gasteiger partial charge on any atom is -0.497 e. The monoisotopic (exact) mass is 475 g/mol. The van der Waals surface area contributed by atoms with Crippen molar-refractivity contribution in [2.24, 2.45) is 0 Å². The van der Waals surface area contributed by atoms with Crippen molar-refractivity contribution in [1.82, 2.24) is 14.9 Å². The Bertz CT molecular complexity index is 1520. The first kappa shape index (κ1) is 21.8. The zero-order chi connectivity index (χ0) is 24.6. The van der Waals surface area contributed by atoms with E-state index in [1.165, 1.54) is 6.92 Å². The maximum Gasteiger partial charge on any atom is 0.343 e. The van der Waals surface area contributed by atoms with Crippen LogP contribution in [0.3, 0.4) is 0 Å². The predicted molar refractivity (Wildman–Crippen MR) is 126 cm³/mol. The van der Waals surface area contributed by atoms with Gasteiger partial charge in [0.2, 0.25) is 5.91 Å². The van der Waals surface area contributed by atoms with E-state index in [0.717, 1.165) is 28.5 Å². The first-order valence-electron chi connectivity index (χ1n) is 11.7. The molecule has 0 radical (unpaired) electrons. The Morgan fingerprint density at radius 2 is 2.11 bits per heavy atom. The second-order valence-electron chi connectivity index (χ2n) is 9.43. The Morgan fingerprint density at radius 1 is 1.31 bits per heavy atom. The normalized spacial score (nSPS) is 21.7. The number of aromatic nitrogens is 2. The average molecular weight is 476 g/mol. The molecule has 6 rings (SSSR count). The number of nitrogens with zero attached hydrogens (tertiary/aromatic N) is 2. The number of benzene rings is 1. The highest BCUT2D eigenvalue weighted by Crippen LogP contribution is 2.45. The SMILES string of the molecule is CC[C@@]1(O)C(=O)OCc2c1cc1n(c2=O)Cc2c-1nc1cc(OC)cc3c1c2C(NC(C)=O)CC3. The molecule has 0 spiro atoms. The molecule has 0 fully saturated rings. The van der Waals surface area contributed by atoms with Crippen molar-refractivity contribution in [3.63, 3.8) is 0 Å². The summed E-state index contributed by atoms with van der Waals surface area (Å²) in [7, 11) is 1.61. The molecule has 0 saturated carbocycles. The number of pyridine rings is 2. The fraction of sp³-hybridized carbons (Fsp3) is 0.385. The van der Waals surface area contributed by atoms with Crippen LogP contribution in [0.15, 0.2) is 23.0 Å². The number of fused-ring (bicyclic) bond motifs is 5. The molecular weight excluding hydrogens is 450 g/mol. The second kappa shape index (κ2) is 7.39. The summed E-state index contributed by atoms with van der Waals surface area (Å²) in [4.78, 5) is 43.0. The van der Waals surface area contributed by atoms with Gasteiger partial charge in [0.05, 0.1) is 42.2 Å². The van der Waals surface area contributed by atoms with Gasteiger partial charge in [-0.25, -0.2) is 9.78 Å². The standard InChI is InChI=1S/C26H25N3O6/c1-4-26(33)17-9-20-23-15(10-29(20)24(31)16(17)11-35-25(26)32)22-18(27-12(2)30)6-5-13-7-14(34-3)8-19(28-23)21(13)22/h7-9,18,33H,4-6,10-11H2,1-3H3,(H,27,30)/t18?,26-/m0/s1. The Balaban J connectivity index is 1.67. The first-order valence-corrected chi connectivity index (χ1v) is 11.7.